The molecule has 0 saturated carbocycles. The van der Waals surface area contributed by atoms with Gasteiger partial charge in [0.2, 0.25) is 6.29 Å². The van der Waals surface area contributed by atoms with Gasteiger partial charge >= 0.3 is 11.9 Å². The Hall–Kier alpha value is 0.0900. The fraction of sp³-hybridized carbons (Fsp3) is 0.231. The maximum absolute atomic E-state index is 12.1. The first-order valence-electron chi connectivity index (χ1n) is 5.44. The molecular formula is C13H11I3O4. The van der Waals surface area contributed by atoms with E-state index < -0.39 is 18.2 Å². The van der Waals surface area contributed by atoms with Crippen LogP contribution in [0.3, 0.4) is 0 Å². The number of rotatable bonds is 4. The Morgan fingerprint density at radius 2 is 1.65 bits per heavy atom. The molecule has 4 nitrogen and oxygen atoms in total. The van der Waals surface area contributed by atoms with Crippen molar-refractivity contribution in [2.75, 3.05) is 0 Å². The summed E-state index contributed by atoms with van der Waals surface area (Å²) in [5.41, 5.74) is 0.733. The molecule has 20 heavy (non-hydrogen) atoms. The van der Waals surface area contributed by atoms with Crippen molar-refractivity contribution in [1.82, 2.24) is 0 Å². The van der Waals surface area contributed by atoms with E-state index in [-0.39, 0.29) is 5.57 Å². The van der Waals surface area contributed by atoms with Gasteiger partial charge in [0.15, 0.2) is 0 Å². The Morgan fingerprint density at radius 1 is 1.15 bits per heavy atom. The van der Waals surface area contributed by atoms with Gasteiger partial charge in [-0.05, 0) is 86.8 Å². The Balaban J connectivity index is 2.82. The second-order valence-electron chi connectivity index (χ2n) is 3.90. The molecule has 0 spiro atoms. The third-order valence-corrected chi connectivity index (χ3v) is 4.43. The predicted molar refractivity (Wildman–Crippen MR) is 100 cm³/mol. The van der Waals surface area contributed by atoms with E-state index >= 15 is 0 Å². The Labute approximate surface area is 158 Å². The molecule has 108 valence electrons. The molecule has 1 aromatic carbocycles. The van der Waals surface area contributed by atoms with Crippen LogP contribution >= 0.6 is 67.8 Å². The van der Waals surface area contributed by atoms with Crippen molar-refractivity contribution in [2.45, 2.75) is 20.1 Å². The summed E-state index contributed by atoms with van der Waals surface area (Å²) in [5, 5.41) is 0. The molecule has 0 bridgehead atoms. The van der Waals surface area contributed by atoms with Crippen LogP contribution in [0.15, 0.2) is 24.3 Å². The van der Waals surface area contributed by atoms with Gasteiger partial charge in [0.25, 0.3) is 0 Å². The lowest BCUT2D eigenvalue weighted by atomic mass is 10.2. The van der Waals surface area contributed by atoms with E-state index in [1.807, 2.05) is 12.1 Å². The molecule has 1 unspecified atom stereocenters. The van der Waals surface area contributed by atoms with Gasteiger partial charge in [0, 0.05) is 23.2 Å². The molecule has 0 aromatic heterocycles. The Kier molecular flexibility index (Phi) is 7.18. The number of benzene rings is 1. The molecule has 0 heterocycles. The molecule has 0 radical (unpaired) electrons. The zero-order valence-electron chi connectivity index (χ0n) is 10.7. The second kappa shape index (κ2) is 7.92. The number of halogens is 3. The van der Waals surface area contributed by atoms with E-state index in [1.54, 1.807) is 0 Å². The van der Waals surface area contributed by atoms with Crippen molar-refractivity contribution in [3.05, 3.63) is 40.6 Å². The first-order valence-corrected chi connectivity index (χ1v) is 8.68. The summed E-state index contributed by atoms with van der Waals surface area (Å²) in [7, 11) is 0. The highest BCUT2D eigenvalue weighted by molar-refractivity contribution is 14.1. The van der Waals surface area contributed by atoms with E-state index in [9.17, 15) is 9.59 Å². The molecule has 7 heteroatoms. The van der Waals surface area contributed by atoms with Crippen LogP contribution < -0.4 is 0 Å². The Morgan fingerprint density at radius 3 is 2.10 bits per heavy atom. The lowest BCUT2D eigenvalue weighted by molar-refractivity contribution is -0.160. The number of hydrogen-bond donors (Lipinski definition) is 0. The maximum atomic E-state index is 12.1. The summed E-state index contributed by atoms with van der Waals surface area (Å²) in [4.78, 5) is 23.4. The third kappa shape index (κ3) is 5.13. The van der Waals surface area contributed by atoms with Crippen molar-refractivity contribution >= 4 is 79.7 Å². The lowest BCUT2D eigenvalue weighted by Crippen LogP contribution is -2.23. The van der Waals surface area contributed by atoms with Crippen molar-refractivity contribution in [2.24, 2.45) is 0 Å². The Bertz CT molecular complexity index is 546. The van der Waals surface area contributed by atoms with Gasteiger partial charge in [0.05, 0.1) is 5.56 Å². The molecule has 0 amide bonds. The van der Waals surface area contributed by atoms with E-state index in [1.165, 1.54) is 13.8 Å². The SMILES string of the molecule is C=C(C)C(=O)OC(C)OC(=O)c1c(I)cc(I)cc1I. The maximum Gasteiger partial charge on any atom is 0.343 e. The van der Waals surface area contributed by atoms with E-state index in [0.717, 1.165) is 10.7 Å². The molecule has 0 saturated heterocycles. The van der Waals surface area contributed by atoms with Gasteiger partial charge < -0.3 is 9.47 Å². The minimum atomic E-state index is -0.961. The van der Waals surface area contributed by atoms with Gasteiger partial charge in [-0.1, -0.05) is 6.58 Å². The van der Waals surface area contributed by atoms with Crippen LogP contribution in [0, 0.1) is 10.7 Å². The third-order valence-electron chi connectivity index (χ3n) is 2.11. The quantitative estimate of drug-likeness (QED) is 0.223. The molecule has 0 aliphatic rings. The highest BCUT2D eigenvalue weighted by Gasteiger charge is 2.20. The van der Waals surface area contributed by atoms with E-state index in [4.69, 9.17) is 9.47 Å². The van der Waals surface area contributed by atoms with Crippen LogP contribution in [0.4, 0.5) is 0 Å². The average Bonchev–Trinajstić information content (AvgIpc) is 2.26. The average molecular weight is 612 g/mol. The second-order valence-corrected chi connectivity index (χ2v) is 7.47. The van der Waals surface area contributed by atoms with Crippen LogP contribution in [0.1, 0.15) is 24.2 Å². The largest absolute Gasteiger partial charge is 0.422 e. The number of hydrogen-bond acceptors (Lipinski definition) is 4. The minimum Gasteiger partial charge on any atom is -0.422 e. The zero-order chi connectivity index (χ0) is 15.4. The number of carbonyl (C=O) groups is 2. The lowest BCUT2D eigenvalue weighted by Gasteiger charge is -2.15. The molecule has 1 atom stereocenters. The number of esters is 2. The zero-order valence-corrected chi connectivity index (χ0v) is 17.2. The molecule has 0 aliphatic heterocycles. The van der Waals surface area contributed by atoms with Crippen LogP contribution in [-0.2, 0) is 14.3 Å². The molecule has 1 aromatic rings. The summed E-state index contributed by atoms with van der Waals surface area (Å²) in [6.45, 7) is 6.49. The van der Waals surface area contributed by atoms with Gasteiger partial charge in [0.1, 0.15) is 0 Å². The molecular weight excluding hydrogens is 601 g/mol. The smallest absolute Gasteiger partial charge is 0.343 e. The van der Waals surface area contributed by atoms with Crippen molar-refractivity contribution in [3.63, 3.8) is 0 Å². The van der Waals surface area contributed by atoms with Gasteiger partial charge in [-0.3, -0.25) is 0 Å². The van der Waals surface area contributed by atoms with Crippen LogP contribution in [-0.4, -0.2) is 18.2 Å². The highest BCUT2D eigenvalue weighted by Crippen LogP contribution is 2.24. The minimum absolute atomic E-state index is 0.256. The van der Waals surface area contributed by atoms with Gasteiger partial charge in [-0.2, -0.15) is 0 Å². The fourth-order valence-electron chi connectivity index (χ4n) is 1.22. The number of ether oxygens (including phenoxy) is 2. The fourth-order valence-corrected chi connectivity index (χ4v) is 5.25. The van der Waals surface area contributed by atoms with Crippen molar-refractivity contribution in [3.8, 4) is 0 Å². The standard InChI is InChI=1S/C13H11I3O4/c1-6(2)12(17)19-7(3)20-13(18)11-9(15)4-8(14)5-10(11)16/h4-5,7H,1H2,2-3H3. The summed E-state index contributed by atoms with van der Waals surface area (Å²) >= 11 is 6.33. The summed E-state index contributed by atoms with van der Waals surface area (Å²) in [5.74, 6) is -1.10. The molecule has 0 aliphatic carbocycles. The summed E-state index contributed by atoms with van der Waals surface area (Å²) in [6, 6.07) is 3.76. The van der Waals surface area contributed by atoms with Crippen LogP contribution in [0.2, 0.25) is 0 Å². The molecule has 1 rings (SSSR count). The van der Waals surface area contributed by atoms with E-state index in [2.05, 4.69) is 74.4 Å². The van der Waals surface area contributed by atoms with Crippen molar-refractivity contribution in [1.29, 1.82) is 0 Å². The van der Waals surface area contributed by atoms with E-state index in [0.29, 0.717) is 5.56 Å². The normalized spacial score (nSPS) is 11.7. The monoisotopic (exact) mass is 612 g/mol. The van der Waals surface area contributed by atoms with Crippen molar-refractivity contribution < 1.29 is 19.1 Å². The summed E-state index contributed by atoms with van der Waals surface area (Å²) < 4.78 is 12.7. The number of carbonyl (C=O) groups excluding carboxylic acids is 2. The van der Waals surface area contributed by atoms with Gasteiger partial charge in [-0.15, -0.1) is 0 Å². The first kappa shape index (κ1) is 18.1. The van der Waals surface area contributed by atoms with Crippen LogP contribution in [0.25, 0.3) is 0 Å². The topological polar surface area (TPSA) is 52.6 Å². The highest BCUT2D eigenvalue weighted by atomic mass is 127. The van der Waals surface area contributed by atoms with Crippen LogP contribution in [0.5, 0.6) is 0 Å². The first-order chi connectivity index (χ1) is 9.22. The molecule has 0 fully saturated rings. The summed E-state index contributed by atoms with van der Waals surface area (Å²) in [6.07, 6.45) is -0.961. The predicted octanol–water partition coefficient (Wildman–Crippen LogP) is 4.12. The van der Waals surface area contributed by atoms with Gasteiger partial charge in [-0.25, -0.2) is 9.59 Å². The molecule has 0 N–H and O–H groups in total.